The van der Waals surface area contributed by atoms with E-state index in [0.717, 1.165) is 38.3 Å². The first-order valence-electron chi connectivity index (χ1n) is 6.88. The number of ether oxygens (including phenoxy) is 2. The van der Waals surface area contributed by atoms with Gasteiger partial charge in [0, 0.05) is 25.4 Å². The maximum absolute atomic E-state index is 11.5. The van der Waals surface area contributed by atoms with Crippen molar-refractivity contribution < 1.29 is 14.3 Å². The molecule has 1 aromatic carbocycles. The number of hydrogen-bond acceptors (Lipinski definition) is 4. The standard InChI is InChI=1S/C15H21NO3/c1-2-19-15(17)13-3-5-14(6-4-13)16-11-12-7-9-18-10-8-12/h3-6,12,16H,2,7-11H2,1H3. The van der Waals surface area contributed by atoms with E-state index in [9.17, 15) is 4.79 Å². The molecule has 1 saturated heterocycles. The molecule has 0 unspecified atom stereocenters. The van der Waals surface area contributed by atoms with Crippen molar-refractivity contribution in [2.75, 3.05) is 31.7 Å². The Bertz CT molecular complexity index is 396. The second-order valence-corrected chi connectivity index (χ2v) is 4.73. The minimum atomic E-state index is -0.265. The lowest BCUT2D eigenvalue weighted by Gasteiger charge is -2.22. The Morgan fingerprint density at radius 2 is 2.00 bits per heavy atom. The minimum absolute atomic E-state index is 0.265. The lowest BCUT2D eigenvalue weighted by atomic mass is 10.0. The molecule has 1 N–H and O–H groups in total. The summed E-state index contributed by atoms with van der Waals surface area (Å²) in [5, 5.41) is 3.40. The number of carbonyl (C=O) groups excluding carboxylic acids is 1. The largest absolute Gasteiger partial charge is 0.462 e. The van der Waals surface area contributed by atoms with Crippen molar-refractivity contribution in [1.82, 2.24) is 0 Å². The first-order chi connectivity index (χ1) is 9.29. The fourth-order valence-electron chi connectivity index (χ4n) is 2.15. The first-order valence-corrected chi connectivity index (χ1v) is 6.88. The highest BCUT2D eigenvalue weighted by Gasteiger charge is 2.13. The number of hydrogen-bond donors (Lipinski definition) is 1. The highest BCUT2D eigenvalue weighted by molar-refractivity contribution is 5.89. The monoisotopic (exact) mass is 263 g/mol. The Morgan fingerprint density at radius 3 is 2.63 bits per heavy atom. The lowest BCUT2D eigenvalue weighted by molar-refractivity contribution is 0.0526. The molecule has 2 rings (SSSR count). The molecule has 1 fully saturated rings. The van der Waals surface area contributed by atoms with Gasteiger partial charge in [0.05, 0.1) is 12.2 Å². The maximum Gasteiger partial charge on any atom is 0.338 e. The van der Waals surface area contributed by atoms with Gasteiger partial charge in [0.1, 0.15) is 0 Å². The molecule has 0 amide bonds. The predicted octanol–water partition coefficient (Wildman–Crippen LogP) is 2.70. The molecule has 1 heterocycles. The molecule has 0 aliphatic carbocycles. The van der Waals surface area contributed by atoms with Crippen LogP contribution < -0.4 is 5.32 Å². The number of rotatable bonds is 5. The van der Waals surface area contributed by atoms with E-state index < -0.39 is 0 Å². The topological polar surface area (TPSA) is 47.6 Å². The zero-order valence-electron chi connectivity index (χ0n) is 11.4. The van der Waals surface area contributed by atoms with E-state index in [4.69, 9.17) is 9.47 Å². The number of anilines is 1. The fourth-order valence-corrected chi connectivity index (χ4v) is 2.15. The highest BCUT2D eigenvalue weighted by atomic mass is 16.5. The van der Waals surface area contributed by atoms with E-state index in [0.29, 0.717) is 18.1 Å². The summed E-state index contributed by atoms with van der Waals surface area (Å²) in [7, 11) is 0. The third kappa shape index (κ3) is 4.24. The van der Waals surface area contributed by atoms with Crippen molar-refractivity contribution >= 4 is 11.7 Å². The SMILES string of the molecule is CCOC(=O)c1ccc(NCC2CCOCC2)cc1. The van der Waals surface area contributed by atoms with Gasteiger partial charge in [0.2, 0.25) is 0 Å². The Kier molecular flexibility index (Phi) is 5.21. The van der Waals surface area contributed by atoms with Gasteiger partial charge in [-0.05, 0) is 49.9 Å². The van der Waals surface area contributed by atoms with Gasteiger partial charge in [-0.1, -0.05) is 0 Å². The van der Waals surface area contributed by atoms with Gasteiger partial charge in [0.15, 0.2) is 0 Å². The van der Waals surface area contributed by atoms with E-state index in [1.807, 2.05) is 19.1 Å². The Balaban J connectivity index is 1.82. The second-order valence-electron chi connectivity index (χ2n) is 4.73. The number of carbonyl (C=O) groups is 1. The zero-order chi connectivity index (χ0) is 13.5. The van der Waals surface area contributed by atoms with Crippen LogP contribution in [0.1, 0.15) is 30.1 Å². The van der Waals surface area contributed by atoms with Crippen LogP contribution in [0.5, 0.6) is 0 Å². The molecule has 0 bridgehead atoms. The summed E-state index contributed by atoms with van der Waals surface area (Å²) in [6.45, 7) is 4.91. The average molecular weight is 263 g/mol. The van der Waals surface area contributed by atoms with Crippen molar-refractivity contribution in [3.63, 3.8) is 0 Å². The molecular weight excluding hydrogens is 242 g/mol. The van der Waals surface area contributed by atoms with Gasteiger partial charge in [-0.2, -0.15) is 0 Å². The van der Waals surface area contributed by atoms with Crippen molar-refractivity contribution in [1.29, 1.82) is 0 Å². The molecule has 19 heavy (non-hydrogen) atoms. The molecule has 4 heteroatoms. The zero-order valence-corrected chi connectivity index (χ0v) is 11.4. The molecule has 1 aromatic rings. The van der Waals surface area contributed by atoms with Crippen molar-refractivity contribution in [2.45, 2.75) is 19.8 Å². The summed E-state index contributed by atoms with van der Waals surface area (Å²) >= 11 is 0. The minimum Gasteiger partial charge on any atom is -0.462 e. The maximum atomic E-state index is 11.5. The lowest BCUT2D eigenvalue weighted by Crippen LogP contribution is -2.22. The van der Waals surface area contributed by atoms with Crippen LogP contribution in [0.4, 0.5) is 5.69 Å². The van der Waals surface area contributed by atoms with Crippen LogP contribution in [-0.4, -0.2) is 32.3 Å². The van der Waals surface area contributed by atoms with E-state index >= 15 is 0 Å². The summed E-state index contributed by atoms with van der Waals surface area (Å²) in [4.78, 5) is 11.5. The first kappa shape index (κ1) is 13.9. The highest BCUT2D eigenvalue weighted by Crippen LogP contribution is 2.16. The van der Waals surface area contributed by atoms with Gasteiger partial charge in [-0.15, -0.1) is 0 Å². The molecule has 104 valence electrons. The molecular formula is C15H21NO3. The van der Waals surface area contributed by atoms with Crippen LogP contribution in [-0.2, 0) is 9.47 Å². The Labute approximate surface area is 114 Å². The van der Waals surface area contributed by atoms with Crippen molar-refractivity contribution in [2.24, 2.45) is 5.92 Å². The average Bonchev–Trinajstić information content (AvgIpc) is 2.47. The van der Waals surface area contributed by atoms with Crippen LogP contribution in [0.25, 0.3) is 0 Å². The van der Waals surface area contributed by atoms with E-state index in [1.165, 1.54) is 0 Å². The molecule has 0 radical (unpaired) electrons. The van der Waals surface area contributed by atoms with E-state index in [1.54, 1.807) is 12.1 Å². The van der Waals surface area contributed by atoms with Gasteiger partial charge in [0.25, 0.3) is 0 Å². The van der Waals surface area contributed by atoms with E-state index in [-0.39, 0.29) is 5.97 Å². The molecule has 0 aromatic heterocycles. The Morgan fingerprint density at radius 1 is 1.32 bits per heavy atom. The van der Waals surface area contributed by atoms with Crippen molar-refractivity contribution in [3.05, 3.63) is 29.8 Å². The van der Waals surface area contributed by atoms with Gasteiger partial charge in [-0.3, -0.25) is 0 Å². The predicted molar refractivity (Wildman–Crippen MR) is 74.4 cm³/mol. The molecule has 0 atom stereocenters. The fraction of sp³-hybridized carbons (Fsp3) is 0.533. The molecule has 1 aliphatic rings. The Hall–Kier alpha value is -1.55. The third-order valence-electron chi connectivity index (χ3n) is 3.33. The summed E-state index contributed by atoms with van der Waals surface area (Å²) in [5.41, 5.74) is 1.64. The molecule has 0 saturated carbocycles. The van der Waals surface area contributed by atoms with Gasteiger partial charge >= 0.3 is 5.97 Å². The summed E-state index contributed by atoms with van der Waals surface area (Å²) < 4.78 is 10.3. The molecule has 1 aliphatic heterocycles. The molecule has 4 nitrogen and oxygen atoms in total. The number of esters is 1. The number of benzene rings is 1. The smallest absolute Gasteiger partial charge is 0.338 e. The van der Waals surface area contributed by atoms with E-state index in [2.05, 4.69) is 5.32 Å². The van der Waals surface area contributed by atoms with Crippen LogP contribution in [0.3, 0.4) is 0 Å². The quantitative estimate of drug-likeness (QED) is 0.830. The van der Waals surface area contributed by atoms with Gasteiger partial charge in [-0.25, -0.2) is 4.79 Å². The van der Waals surface area contributed by atoms with Gasteiger partial charge < -0.3 is 14.8 Å². The third-order valence-corrected chi connectivity index (χ3v) is 3.33. The van der Waals surface area contributed by atoms with Crippen LogP contribution in [0, 0.1) is 5.92 Å². The summed E-state index contributed by atoms with van der Waals surface area (Å²) in [6, 6.07) is 7.44. The second kappa shape index (κ2) is 7.14. The molecule has 0 spiro atoms. The number of nitrogens with one attached hydrogen (secondary N) is 1. The summed E-state index contributed by atoms with van der Waals surface area (Å²) in [6.07, 6.45) is 2.24. The van der Waals surface area contributed by atoms with Crippen molar-refractivity contribution in [3.8, 4) is 0 Å². The van der Waals surface area contributed by atoms with Crippen LogP contribution in [0.2, 0.25) is 0 Å². The van der Waals surface area contributed by atoms with Crippen LogP contribution in [0.15, 0.2) is 24.3 Å². The van der Waals surface area contributed by atoms with Crippen LogP contribution >= 0.6 is 0 Å². The summed E-state index contributed by atoms with van der Waals surface area (Å²) in [5.74, 6) is 0.414. The normalized spacial score (nSPS) is 16.1.